The zero-order chi connectivity index (χ0) is 8.43. The van der Waals surface area contributed by atoms with Crippen LogP contribution < -0.4 is 0 Å². The SMILES string of the molecule is O=C1C[C@@H](O)[C@H]([C@H](O)CO)O1. The van der Waals surface area contributed by atoms with Crippen molar-refractivity contribution >= 4 is 5.97 Å². The maximum atomic E-state index is 10.5. The van der Waals surface area contributed by atoms with E-state index in [1.807, 2.05) is 0 Å². The number of rotatable bonds is 2. The number of carbonyl (C=O) groups excluding carboxylic acids is 1. The van der Waals surface area contributed by atoms with Crippen molar-refractivity contribution in [3.8, 4) is 0 Å². The average molecular weight is 162 g/mol. The van der Waals surface area contributed by atoms with Crippen LogP contribution in [0, 0.1) is 0 Å². The third-order valence-corrected chi connectivity index (χ3v) is 1.59. The third kappa shape index (κ3) is 1.68. The molecule has 0 bridgehead atoms. The molecule has 0 unspecified atom stereocenters. The summed E-state index contributed by atoms with van der Waals surface area (Å²) < 4.78 is 4.53. The van der Waals surface area contributed by atoms with Gasteiger partial charge in [-0.05, 0) is 0 Å². The van der Waals surface area contributed by atoms with E-state index in [2.05, 4.69) is 4.74 Å². The first kappa shape index (κ1) is 8.45. The van der Waals surface area contributed by atoms with Crippen LogP contribution in [-0.4, -0.2) is 46.2 Å². The third-order valence-electron chi connectivity index (χ3n) is 1.59. The first-order chi connectivity index (χ1) is 5.15. The standard InChI is InChI=1S/C6H10O5/c7-2-4(9)6-3(8)1-5(10)11-6/h3-4,6-9H,1-2H2/t3-,4-,6-/m1/s1. The molecule has 0 aromatic carbocycles. The largest absolute Gasteiger partial charge is 0.457 e. The van der Waals surface area contributed by atoms with Crippen LogP contribution in [-0.2, 0) is 9.53 Å². The Hall–Kier alpha value is -0.650. The Morgan fingerprint density at radius 2 is 2.36 bits per heavy atom. The molecule has 1 aliphatic heterocycles. The number of hydrogen-bond acceptors (Lipinski definition) is 5. The van der Waals surface area contributed by atoms with E-state index in [1.165, 1.54) is 0 Å². The van der Waals surface area contributed by atoms with Gasteiger partial charge in [-0.1, -0.05) is 0 Å². The molecule has 3 N–H and O–H groups in total. The van der Waals surface area contributed by atoms with Crippen molar-refractivity contribution in [3.05, 3.63) is 0 Å². The number of carbonyl (C=O) groups is 1. The molecule has 0 spiro atoms. The molecule has 0 aliphatic carbocycles. The second-order valence-corrected chi connectivity index (χ2v) is 2.48. The van der Waals surface area contributed by atoms with E-state index in [0.29, 0.717) is 0 Å². The molecule has 1 saturated heterocycles. The van der Waals surface area contributed by atoms with Crippen molar-refractivity contribution in [2.45, 2.75) is 24.7 Å². The Morgan fingerprint density at radius 1 is 1.73 bits per heavy atom. The zero-order valence-corrected chi connectivity index (χ0v) is 5.80. The van der Waals surface area contributed by atoms with E-state index in [4.69, 9.17) is 15.3 Å². The van der Waals surface area contributed by atoms with Gasteiger partial charge in [0, 0.05) is 0 Å². The average Bonchev–Trinajstić information content (AvgIpc) is 2.28. The van der Waals surface area contributed by atoms with E-state index in [-0.39, 0.29) is 6.42 Å². The van der Waals surface area contributed by atoms with Gasteiger partial charge in [0.15, 0.2) is 6.10 Å². The van der Waals surface area contributed by atoms with Crippen molar-refractivity contribution in [1.82, 2.24) is 0 Å². The Kier molecular flexibility index (Phi) is 2.43. The quantitative estimate of drug-likeness (QED) is 0.409. The summed E-state index contributed by atoms with van der Waals surface area (Å²) in [6.45, 7) is -0.519. The first-order valence-corrected chi connectivity index (χ1v) is 3.31. The smallest absolute Gasteiger partial charge is 0.309 e. The molecule has 11 heavy (non-hydrogen) atoms. The maximum Gasteiger partial charge on any atom is 0.309 e. The topological polar surface area (TPSA) is 87.0 Å². The van der Waals surface area contributed by atoms with Crippen LogP contribution in [0.4, 0.5) is 0 Å². The molecule has 1 fully saturated rings. The minimum Gasteiger partial charge on any atom is -0.457 e. The summed E-state index contributed by atoms with van der Waals surface area (Å²) in [4.78, 5) is 10.5. The Balaban J connectivity index is 2.52. The van der Waals surface area contributed by atoms with Crippen LogP contribution in [0.1, 0.15) is 6.42 Å². The minimum atomic E-state index is -1.18. The number of cyclic esters (lactones) is 1. The fourth-order valence-corrected chi connectivity index (χ4v) is 1.00. The zero-order valence-electron chi connectivity index (χ0n) is 5.80. The van der Waals surface area contributed by atoms with Crippen molar-refractivity contribution in [3.63, 3.8) is 0 Å². The summed E-state index contributed by atoms with van der Waals surface area (Å²) in [6.07, 6.45) is -3.25. The molecule has 0 radical (unpaired) electrons. The number of hydrogen-bond donors (Lipinski definition) is 3. The minimum absolute atomic E-state index is 0.109. The van der Waals surface area contributed by atoms with Crippen molar-refractivity contribution < 1.29 is 24.9 Å². The van der Waals surface area contributed by atoms with Gasteiger partial charge in [-0.25, -0.2) is 0 Å². The molecule has 1 aliphatic rings. The molecular weight excluding hydrogens is 152 g/mol. The van der Waals surface area contributed by atoms with Gasteiger partial charge in [0.05, 0.1) is 13.0 Å². The Morgan fingerprint density at radius 3 is 2.73 bits per heavy atom. The summed E-state index contributed by atoms with van der Waals surface area (Å²) in [7, 11) is 0. The van der Waals surface area contributed by atoms with Crippen LogP contribution in [0.3, 0.4) is 0 Å². The highest BCUT2D eigenvalue weighted by Crippen LogP contribution is 2.17. The highest BCUT2D eigenvalue weighted by atomic mass is 16.6. The van der Waals surface area contributed by atoms with Gasteiger partial charge in [0.25, 0.3) is 0 Å². The summed E-state index contributed by atoms with van der Waals surface area (Å²) in [5.41, 5.74) is 0. The fraction of sp³-hybridized carbons (Fsp3) is 0.833. The first-order valence-electron chi connectivity index (χ1n) is 3.31. The molecule has 3 atom stereocenters. The lowest BCUT2D eigenvalue weighted by molar-refractivity contribution is -0.147. The maximum absolute atomic E-state index is 10.5. The summed E-state index contributed by atoms with van der Waals surface area (Å²) in [6, 6.07) is 0. The van der Waals surface area contributed by atoms with Gasteiger partial charge in [-0.2, -0.15) is 0 Å². The lowest BCUT2D eigenvalue weighted by Crippen LogP contribution is -2.36. The second kappa shape index (κ2) is 3.17. The molecular formula is C6H10O5. The van der Waals surface area contributed by atoms with E-state index in [9.17, 15) is 4.79 Å². The van der Waals surface area contributed by atoms with E-state index >= 15 is 0 Å². The fourth-order valence-electron chi connectivity index (χ4n) is 1.00. The predicted molar refractivity (Wildman–Crippen MR) is 33.6 cm³/mol. The van der Waals surface area contributed by atoms with Gasteiger partial charge < -0.3 is 20.1 Å². The molecule has 5 nitrogen and oxygen atoms in total. The van der Waals surface area contributed by atoms with Crippen LogP contribution >= 0.6 is 0 Å². The van der Waals surface area contributed by atoms with Crippen LogP contribution in [0.5, 0.6) is 0 Å². The van der Waals surface area contributed by atoms with Gasteiger partial charge in [0.2, 0.25) is 0 Å². The van der Waals surface area contributed by atoms with Crippen LogP contribution in [0.2, 0.25) is 0 Å². The van der Waals surface area contributed by atoms with Crippen molar-refractivity contribution in [1.29, 1.82) is 0 Å². The van der Waals surface area contributed by atoms with Crippen molar-refractivity contribution in [2.75, 3.05) is 6.61 Å². The Bertz CT molecular complexity index is 157. The highest BCUT2D eigenvalue weighted by Gasteiger charge is 2.37. The summed E-state index contributed by atoms with van der Waals surface area (Å²) in [5.74, 6) is -0.546. The monoisotopic (exact) mass is 162 g/mol. The molecule has 0 saturated carbocycles. The van der Waals surface area contributed by atoms with Crippen LogP contribution in [0.15, 0.2) is 0 Å². The summed E-state index contributed by atoms with van der Waals surface area (Å²) in [5, 5.41) is 26.4. The molecule has 0 aromatic heterocycles. The number of aliphatic hydroxyl groups is 3. The molecule has 64 valence electrons. The van der Waals surface area contributed by atoms with Crippen molar-refractivity contribution in [2.24, 2.45) is 0 Å². The molecule has 0 aromatic rings. The Labute approximate surface area is 63.2 Å². The molecule has 0 amide bonds. The number of ether oxygens (including phenoxy) is 1. The van der Waals surface area contributed by atoms with Gasteiger partial charge >= 0.3 is 5.97 Å². The molecule has 1 rings (SSSR count). The van der Waals surface area contributed by atoms with Gasteiger partial charge in [0.1, 0.15) is 12.2 Å². The number of esters is 1. The lowest BCUT2D eigenvalue weighted by atomic mass is 10.1. The van der Waals surface area contributed by atoms with Gasteiger partial charge in [-0.3, -0.25) is 4.79 Å². The van der Waals surface area contributed by atoms with E-state index < -0.39 is 30.9 Å². The predicted octanol–water partition coefficient (Wildman–Crippen LogP) is -1.98. The normalized spacial score (nSPS) is 33.5. The van der Waals surface area contributed by atoms with Gasteiger partial charge in [-0.15, -0.1) is 0 Å². The molecule has 5 heteroatoms. The van der Waals surface area contributed by atoms with E-state index in [1.54, 1.807) is 0 Å². The van der Waals surface area contributed by atoms with Crippen LogP contribution in [0.25, 0.3) is 0 Å². The highest BCUT2D eigenvalue weighted by molar-refractivity contribution is 5.72. The molecule has 1 heterocycles. The van der Waals surface area contributed by atoms with E-state index in [0.717, 1.165) is 0 Å². The second-order valence-electron chi connectivity index (χ2n) is 2.48. The lowest BCUT2D eigenvalue weighted by Gasteiger charge is -2.16. The summed E-state index contributed by atoms with van der Waals surface area (Å²) >= 11 is 0. The number of aliphatic hydroxyl groups excluding tert-OH is 3.